The van der Waals surface area contributed by atoms with Gasteiger partial charge in [0.05, 0.1) is 0 Å². The van der Waals surface area contributed by atoms with Gasteiger partial charge in [-0.25, -0.2) is 0 Å². The summed E-state index contributed by atoms with van der Waals surface area (Å²) in [7, 11) is 3.40. The maximum absolute atomic E-state index is 12.4. The molecule has 1 spiro atoms. The predicted molar refractivity (Wildman–Crippen MR) is 102 cm³/mol. The highest BCUT2D eigenvalue weighted by molar-refractivity contribution is 5.85. The quantitative estimate of drug-likeness (QED) is 0.785. The molecule has 2 N–H and O–H groups in total. The molecule has 1 aromatic carbocycles. The molecule has 144 valence electrons. The largest absolute Gasteiger partial charge is 0.484 e. The lowest BCUT2D eigenvalue weighted by atomic mass is 9.92. The fourth-order valence-corrected chi connectivity index (χ4v) is 3.53. The van der Waals surface area contributed by atoms with E-state index in [-0.39, 0.29) is 42.2 Å². The molecule has 1 unspecified atom stereocenters. The molecule has 6 nitrogen and oxygen atoms in total. The molecule has 2 fully saturated rings. The molecule has 2 amide bonds. The van der Waals surface area contributed by atoms with Crippen molar-refractivity contribution in [2.45, 2.75) is 25.8 Å². The summed E-state index contributed by atoms with van der Waals surface area (Å²) in [5, 5.41) is 6.41. The van der Waals surface area contributed by atoms with E-state index < -0.39 is 0 Å². The van der Waals surface area contributed by atoms with Gasteiger partial charge < -0.3 is 20.3 Å². The van der Waals surface area contributed by atoms with Gasteiger partial charge in [-0.1, -0.05) is 12.1 Å². The molecule has 26 heavy (non-hydrogen) atoms. The first kappa shape index (κ1) is 20.5. The van der Waals surface area contributed by atoms with Gasteiger partial charge in [-0.2, -0.15) is 0 Å². The summed E-state index contributed by atoms with van der Waals surface area (Å²) in [6.45, 7) is 2.55. The van der Waals surface area contributed by atoms with E-state index in [0.29, 0.717) is 12.3 Å². The highest BCUT2D eigenvalue weighted by atomic mass is 35.5. The zero-order valence-corrected chi connectivity index (χ0v) is 16.2. The Hall–Kier alpha value is -1.79. The summed E-state index contributed by atoms with van der Waals surface area (Å²) in [5.74, 6) is 0.894. The van der Waals surface area contributed by atoms with Crippen molar-refractivity contribution in [2.75, 3.05) is 33.8 Å². The summed E-state index contributed by atoms with van der Waals surface area (Å²) >= 11 is 0. The van der Waals surface area contributed by atoms with Crippen molar-refractivity contribution in [3.63, 3.8) is 0 Å². The molecule has 1 atom stereocenters. The molecule has 0 radical (unpaired) electrons. The van der Waals surface area contributed by atoms with Crippen molar-refractivity contribution in [3.8, 4) is 5.75 Å². The summed E-state index contributed by atoms with van der Waals surface area (Å²) in [4.78, 5) is 25.5. The molecule has 1 saturated carbocycles. The second kappa shape index (κ2) is 8.73. The number of nitrogens with one attached hydrogen (secondary N) is 2. The molecular formula is C19H28ClN3O3. The fraction of sp³-hybridized carbons (Fsp3) is 0.579. The number of benzene rings is 1. The third-order valence-electron chi connectivity index (χ3n) is 5.33. The molecule has 1 saturated heterocycles. The van der Waals surface area contributed by atoms with Crippen LogP contribution in [0.3, 0.4) is 0 Å². The molecule has 3 rings (SSSR count). The zero-order chi connectivity index (χ0) is 17.9. The number of ether oxygens (including phenoxy) is 1. The van der Waals surface area contributed by atoms with E-state index in [1.165, 1.54) is 4.90 Å². The Kier molecular flexibility index (Phi) is 6.89. The number of carbonyl (C=O) groups is 2. The standard InChI is InChI=1S/C19H27N3O3.ClH/c1-22(2)17(23)13-25-15-5-3-4-14(10-15)12-21-18(24)16-11-19(16)6-8-20-9-7-19;/h3-5,10,16,20H,6-9,11-13H2,1-2H3,(H,21,24);1H. The number of nitrogens with zero attached hydrogens (tertiary/aromatic N) is 1. The lowest BCUT2D eigenvalue weighted by Crippen LogP contribution is -2.33. The maximum Gasteiger partial charge on any atom is 0.259 e. The van der Waals surface area contributed by atoms with Gasteiger partial charge in [0, 0.05) is 26.6 Å². The lowest BCUT2D eigenvalue weighted by Gasteiger charge is -2.23. The first-order valence-corrected chi connectivity index (χ1v) is 8.90. The van der Waals surface area contributed by atoms with Gasteiger partial charge >= 0.3 is 0 Å². The number of hydrogen-bond acceptors (Lipinski definition) is 4. The van der Waals surface area contributed by atoms with E-state index in [1.54, 1.807) is 14.1 Å². The van der Waals surface area contributed by atoms with Crippen molar-refractivity contribution >= 4 is 24.2 Å². The van der Waals surface area contributed by atoms with E-state index in [9.17, 15) is 9.59 Å². The molecule has 1 aliphatic heterocycles. The molecule has 7 heteroatoms. The average Bonchev–Trinajstić information content (AvgIpc) is 3.31. The minimum absolute atomic E-state index is 0. The molecule has 1 aliphatic carbocycles. The van der Waals surface area contributed by atoms with Crippen LogP contribution < -0.4 is 15.4 Å². The van der Waals surface area contributed by atoms with E-state index in [1.807, 2.05) is 24.3 Å². The van der Waals surface area contributed by atoms with Crippen LogP contribution in [-0.2, 0) is 16.1 Å². The van der Waals surface area contributed by atoms with Crippen LogP contribution >= 0.6 is 12.4 Å². The Balaban J connectivity index is 0.00000243. The van der Waals surface area contributed by atoms with Gasteiger partial charge in [-0.15, -0.1) is 12.4 Å². The van der Waals surface area contributed by atoms with Crippen molar-refractivity contribution < 1.29 is 14.3 Å². The summed E-state index contributed by atoms with van der Waals surface area (Å²) in [5.41, 5.74) is 1.23. The predicted octanol–water partition coefficient (Wildman–Crippen LogP) is 1.58. The van der Waals surface area contributed by atoms with Gasteiger partial charge in [0.2, 0.25) is 5.91 Å². The number of likely N-dealkylation sites (N-methyl/N-ethyl adjacent to an activating group) is 1. The highest BCUT2D eigenvalue weighted by Gasteiger charge is 2.57. The Bertz CT molecular complexity index is 645. The van der Waals surface area contributed by atoms with Gasteiger partial charge in [0.15, 0.2) is 6.61 Å². The van der Waals surface area contributed by atoms with Crippen LogP contribution in [0.2, 0.25) is 0 Å². The van der Waals surface area contributed by atoms with Crippen LogP contribution in [0, 0.1) is 11.3 Å². The first-order chi connectivity index (χ1) is 12.0. The fourth-order valence-electron chi connectivity index (χ4n) is 3.53. The molecule has 1 aromatic rings. The van der Waals surface area contributed by atoms with Crippen LogP contribution in [0.25, 0.3) is 0 Å². The van der Waals surface area contributed by atoms with E-state index in [4.69, 9.17) is 4.74 Å². The zero-order valence-electron chi connectivity index (χ0n) is 15.4. The number of piperidine rings is 1. The summed E-state index contributed by atoms with van der Waals surface area (Å²) in [6, 6.07) is 7.52. The van der Waals surface area contributed by atoms with E-state index in [2.05, 4.69) is 10.6 Å². The smallest absolute Gasteiger partial charge is 0.259 e. The highest BCUT2D eigenvalue weighted by Crippen LogP contribution is 2.58. The van der Waals surface area contributed by atoms with Gasteiger partial charge in [0.25, 0.3) is 5.91 Å². The Labute approximate surface area is 161 Å². The molecule has 2 aliphatic rings. The lowest BCUT2D eigenvalue weighted by molar-refractivity contribution is -0.130. The Morgan fingerprint density at radius 1 is 1.31 bits per heavy atom. The minimum atomic E-state index is -0.0836. The first-order valence-electron chi connectivity index (χ1n) is 8.90. The number of amides is 2. The third kappa shape index (κ3) is 4.89. The Morgan fingerprint density at radius 3 is 2.73 bits per heavy atom. The number of carbonyl (C=O) groups excluding carboxylic acids is 2. The number of halogens is 1. The maximum atomic E-state index is 12.4. The SMILES string of the molecule is CN(C)C(=O)COc1cccc(CNC(=O)C2CC23CCNCC3)c1.Cl. The minimum Gasteiger partial charge on any atom is -0.484 e. The van der Waals surface area contributed by atoms with Crippen LogP contribution in [0.15, 0.2) is 24.3 Å². The van der Waals surface area contributed by atoms with Gasteiger partial charge in [0.1, 0.15) is 5.75 Å². The van der Waals surface area contributed by atoms with E-state index >= 15 is 0 Å². The molecule has 0 bridgehead atoms. The van der Waals surface area contributed by atoms with Gasteiger partial charge in [-0.05, 0) is 55.5 Å². The van der Waals surface area contributed by atoms with Crippen molar-refractivity contribution in [1.82, 2.24) is 15.5 Å². The molecule has 1 heterocycles. The summed E-state index contributed by atoms with van der Waals surface area (Å²) in [6.07, 6.45) is 3.24. The van der Waals surface area contributed by atoms with Crippen LogP contribution in [0.1, 0.15) is 24.8 Å². The Morgan fingerprint density at radius 2 is 2.04 bits per heavy atom. The van der Waals surface area contributed by atoms with Crippen molar-refractivity contribution in [1.29, 1.82) is 0 Å². The third-order valence-corrected chi connectivity index (χ3v) is 5.33. The topological polar surface area (TPSA) is 70.7 Å². The summed E-state index contributed by atoms with van der Waals surface area (Å²) < 4.78 is 5.52. The normalized spacial score (nSPS) is 20.0. The monoisotopic (exact) mass is 381 g/mol. The molecule has 0 aromatic heterocycles. The second-order valence-corrected chi connectivity index (χ2v) is 7.31. The van der Waals surface area contributed by atoms with Crippen molar-refractivity contribution in [2.24, 2.45) is 11.3 Å². The second-order valence-electron chi connectivity index (χ2n) is 7.31. The van der Waals surface area contributed by atoms with Crippen molar-refractivity contribution in [3.05, 3.63) is 29.8 Å². The van der Waals surface area contributed by atoms with Gasteiger partial charge in [-0.3, -0.25) is 9.59 Å². The van der Waals surface area contributed by atoms with Crippen LogP contribution in [0.4, 0.5) is 0 Å². The number of hydrogen-bond donors (Lipinski definition) is 2. The van der Waals surface area contributed by atoms with Crippen LogP contribution in [0.5, 0.6) is 5.75 Å². The van der Waals surface area contributed by atoms with Crippen LogP contribution in [-0.4, -0.2) is 50.5 Å². The van der Waals surface area contributed by atoms with E-state index in [0.717, 1.165) is 37.9 Å². The average molecular weight is 382 g/mol. The number of rotatable bonds is 6. The molecular weight excluding hydrogens is 354 g/mol.